The van der Waals surface area contributed by atoms with E-state index in [1.54, 1.807) is 12.1 Å². The van der Waals surface area contributed by atoms with Gasteiger partial charge in [-0.15, -0.1) is 0 Å². The predicted octanol–water partition coefficient (Wildman–Crippen LogP) is 4.81. The summed E-state index contributed by atoms with van der Waals surface area (Å²) in [7, 11) is 0. The number of hydrogen-bond acceptors (Lipinski definition) is 4. The van der Waals surface area contributed by atoms with Crippen molar-refractivity contribution < 1.29 is 9.21 Å². The number of anilines is 1. The molecule has 0 bridgehead atoms. The summed E-state index contributed by atoms with van der Waals surface area (Å²) >= 11 is 0. The molecule has 5 aromatic rings. The molecule has 0 spiro atoms. The third kappa shape index (κ3) is 3.08. The molecule has 3 aromatic carbocycles. The van der Waals surface area contributed by atoms with Crippen LogP contribution in [-0.2, 0) is 11.3 Å². The standard InChI is InChI=1S/C25H19N3O3/c29-23(26-16-11-12-22-19(13-16)27-25(31-22)15-9-10-15)14-28-20-7-3-1-5-17(20)24(30)18-6-2-4-8-21(18)28/h1-8,11-13,15H,9-10,14H2,(H,26,29). The molecule has 2 aromatic heterocycles. The molecule has 0 aliphatic heterocycles. The van der Waals surface area contributed by atoms with E-state index in [0.717, 1.165) is 40.9 Å². The average Bonchev–Trinajstić information content (AvgIpc) is 3.56. The summed E-state index contributed by atoms with van der Waals surface area (Å²) < 4.78 is 7.69. The molecule has 1 aliphatic rings. The Bertz CT molecular complexity index is 1480. The highest BCUT2D eigenvalue weighted by Gasteiger charge is 2.28. The summed E-state index contributed by atoms with van der Waals surface area (Å²) in [5.41, 5.74) is 3.61. The van der Waals surface area contributed by atoms with E-state index in [2.05, 4.69) is 10.3 Å². The summed E-state index contributed by atoms with van der Waals surface area (Å²) in [6.07, 6.45) is 2.25. The Labute approximate surface area is 177 Å². The highest BCUT2D eigenvalue weighted by molar-refractivity contribution is 5.97. The lowest BCUT2D eigenvalue weighted by Crippen LogP contribution is -2.21. The maximum atomic E-state index is 13.0. The zero-order valence-corrected chi connectivity index (χ0v) is 16.7. The molecular weight excluding hydrogens is 390 g/mol. The average molecular weight is 409 g/mol. The Kier molecular flexibility index (Phi) is 3.93. The van der Waals surface area contributed by atoms with Crippen LogP contribution in [0.1, 0.15) is 24.7 Å². The first-order valence-electron chi connectivity index (χ1n) is 10.4. The van der Waals surface area contributed by atoms with E-state index >= 15 is 0 Å². The van der Waals surface area contributed by atoms with Gasteiger partial charge in [0, 0.05) is 22.4 Å². The fraction of sp³-hybridized carbons (Fsp3) is 0.160. The number of benzene rings is 3. The van der Waals surface area contributed by atoms with Gasteiger partial charge >= 0.3 is 0 Å². The lowest BCUT2D eigenvalue weighted by Gasteiger charge is -2.15. The summed E-state index contributed by atoms with van der Waals surface area (Å²) in [5, 5.41) is 4.17. The van der Waals surface area contributed by atoms with Gasteiger partial charge in [0.05, 0.1) is 11.0 Å². The lowest BCUT2D eigenvalue weighted by molar-refractivity contribution is -0.116. The highest BCUT2D eigenvalue weighted by atomic mass is 16.3. The number of oxazole rings is 1. The first kappa shape index (κ1) is 17.9. The van der Waals surface area contributed by atoms with Crippen molar-refractivity contribution in [1.29, 1.82) is 0 Å². The number of para-hydroxylation sites is 2. The molecule has 0 unspecified atom stereocenters. The molecule has 1 amide bonds. The van der Waals surface area contributed by atoms with Crippen LogP contribution in [0, 0.1) is 0 Å². The monoisotopic (exact) mass is 409 g/mol. The molecule has 6 rings (SSSR count). The lowest BCUT2D eigenvalue weighted by atomic mass is 10.1. The first-order valence-corrected chi connectivity index (χ1v) is 10.4. The quantitative estimate of drug-likeness (QED) is 0.432. The van der Waals surface area contributed by atoms with Crippen LogP contribution in [0.15, 0.2) is 75.9 Å². The molecule has 31 heavy (non-hydrogen) atoms. The van der Waals surface area contributed by atoms with E-state index in [0.29, 0.717) is 22.4 Å². The van der Waals surface area contributed by atoms with Gasteiger partial charge < -0.3 is 14.3 Å². The molecule has 0 saturated heterocycles. The number of fused-ring (bicyclic) bond motifs is 3. The molecule has 1 fully saturated rings. The predicted molar refractivity (Wildman–Crippen MR) is 120 cm³/mol. The maximum Gasteiger partial charge on any atom is 0.244 e. The molecule has 1 saturated carbocycles. The van der Waals surface area contributed by atoms with Crippen LogP contribution in [0.25, 0.3) is 32.9 Å². The fourth-order valence-electron chi connectivity index (χ4n) is 4.12. The van der Waals surface area contributed by atoms with E-state index in [4.69, 9.17) is 4.42 Å². The van der Waals surface area contributed by atoms with Crippen molar-refractivity contribution in [2.75, 3.05) is 5.32 Å². The number of carbonyl (C=O) groups excluding carboxylic acids is 1. The van der Waals surface area contributed by atoms with Gasteiger partial charge in [0.25, 0.3) is 0 Å². The van der Waals surface area contributed by atoms with Crippen LogP contribution < -0.4 is 10.7 Å². The van der Waals surface area contributed by atoms with Gasteiger partial charge in [-0.3, -0.25) is 9.59 Å². The van der Waals surface area contributed by atoms with Gasteiger partial charge in [-0.05, 0) is 55.3 Å². The Balaban J connectivity index is 1.35. The van der Waals surface area contributed by atoms with E-state index < -0.39 is 0 Å². The molecule has 6 nitrogen and oxygen atoms in total. The number of carbonyl (C=O) groups is 1. The third-order valence-electron chi connectivity index (χ3n) is 5.80. The molecule has 0 atom stereocenters. The van der Waals surface area contributed by atoms with Gasteiger partial charge in [-0.2, -0.15) is 0 Å². The zero-order valence-electron chi connectivity index (χ0n) is 16.7. The van der Waals surface area contributed by atoms with Crippen molar-refractivity contribution in [2.24, 2.45) is 0 Å². The van der Waals surface area contributed by atoms with Crippen LogP contribution in [0.3, 0.4) is 0 Å². The van der Waals surface area contributed by atoms with Crippen molar-refractivity contribution in [2.45, 2.75) is 25.3 Å². The molecule has 2 heterocycles. The summed E-state index contributed by atoms with van der Waals surface area (Å²) in [4.78, 5) is 30.4. The largest absolute Gasteiger partial charge is 0.440 e. The number of aromatic nitrogens is 2. The number of amides is 1. The molecule has 1 N–H and O–H groups in total. The minimum atomic E-state index is -0.177. The van der Waals surface area contributed by atoms with Crippen LogP contribution in [-0.4, -0.2) is 15.5 Å². The van der Waals surface area contributed by atoms with E-state index in [1.807, 2.05) is 59.2 Å². The van der Waals surface area contributed by atoms with Crippen molar-refractivity contribution in [3.05, 3.63) is 82.8 Å². The SMILES string of the molecule is O=C(Cn1c2ccccc2c(=O)c2ccccc21)Nc1ccc2oc(C3CC3)nc2c1. The zero-order chi connectivity index (χ0) is 20.9. The van der Waals surface area contributed by atoms with E-state index in [-0.39, 0.29) is 17.9 Å². The molecule has 0 radical (unpaired) electrons. The summed E-state index contributed by atoms with van der Waals surface area (Å²) in [5.74, 6) is 1.04. The van der Waals surface area contributed by atoms with Crippen LogP contribution in [0.4, 0.5) is 5.69 Å². The van der Waals surface area contributed by atoms with Crippen LogP contribution in [0.2, 0.25) is 0 Å². The van der Waals surface area contributed by atoms with Gasteiger partial charge in [0.2, 0.25) is 5.91 Å². The third-order valence-corrected chi connectivity index (χ3v) is 5.80. The number of nitrogens with zero attached hydrogens (tertiary/aromatic N) is 2. The normalized spacial score (nSPS) is 13.8. The minimum absolute atomic E-state index is 0.0224. The minimum Gasteiger partial charge on any atom is -0.440 e. The number of nitrogens with one attached hydrogen (secondary N) is 1. The molecule has 152 valence electrons. The van der Waals surface area contributed by atoms with E-state index in [9.17, 15) is 9.59 Å². The Morgan fingerprint density at radius 1 is 1.00 bits per heavy atom. The van der Waals surface area contributed by atoms with Crippen molar-refractivity contribution in [1.82, 2.24) is 9.55 Å². The first-order chi connectivity index (χ1) is 15.2. The highest BCUT2D eigenvalue weighted by Crippen LogP contribution is 2.40. The van der Waals surface area contributed by atoms with Gasteiger partial charge in [0.15, 0.2) is 16.9 Å². The molecule has 6 heteroatoms. The number of rotatable bonds is 4. The van der Waals surface area contributed by atoms with Gasteiger partial charge in [0.1, 0.15) is 12.1 Å². The number of pyridine rings is 1. The summed E-state index contributed by atoms with van der Waals surface area (Å²) in [6, 6.07) is 20.3. The smallest absolute Gasteiger partial charge is 0.244 e. The fourth-order valence-corrected chi connectivity index (χ4v) is 4.12. The second kappa shape index (κ2) is 6.80. The summed E-state index contributed by atoms with van der Waals surface area (Å²) in [6.45, 7) is 0.0888. The molecular formula is C25H19N3O3. The van der Waals surface area contributed by atoms with Crippen LogP contribution >= 0.6 is 0 Å². The second-order valence-electron chi connectivity index (χ2n) is 8.01. The Hall–Kier alpha value is -3.93. The van der Waals surface area contributed by atoms with Crippen molar-refractivity contribution in [3.8, 4) is 0 Å². The topological polar surface area (TPSA) is 77.1 Å². The van der Waals surface area contributed by atoms with E-state index in [1.165, 1.54) is 0 Å². The molecule has 1 aliphatic carbocycles. The van der Waals surface area contributed by atoms with Crippen molar-refractivity contribution >= 4 is 44.5 Å². The van der Waals surface area contributed by atoms with Gasteiger partial charge in [-0.25, -0.2) is 4.98 Å². The Morgan fingerprint density at radius 3 is 2.35 bits per heavy atom. The Morgan fingerprint density at radius 2 is 1.68 bits per heavy atom. The number of hydrogen-bond donors (Lipinski definition) is 1. The second-order valence-corrected chi connectivity index (χ2v) is 8.01. The van der Waals surface area contributed by atoms with Gasteiger partial charge in [-0.1, -0.05) is 24.3 Å². The van der Waals surface area contributed by atoms with Crippen LogP contribution in [0.5, 0.6) is 0 Å². The van der Waals surface area contributed by atoms with Crippen molar-refractivity contribution in [3.63, 3.8) is 0 Å². The maximum absolute atomic E-state index is 13.0.